The third-order valence-corrected chi connectivity index (χ3v) is 5.75. The number of nitrogens with zero attached hydrogens (tertiary/aromatic N) is 2. The summed E-state index contributed by atoms with van der Waals surface area (Å²) in [6, 6.07) is 2.68. The van der Waals surface area contributed by atoms with Gasteiger partial charge < -0.3 is 10.2 Å². The molecule has 1 saturated carbocycles. The number of carbonyl (C=O) groups is 1. The van der Waals surface area contributed by atoms with Crippen molar-refractivity contribution in [3.63, 3.8) is 0 Å². The SMILES string of the molecule is NN1CN(C[C@H]2CC[C@H](NC(=O)c3cc(C(F)(F)F)ccc3Cl)CC2)C=C1Cl. The van der Waals surface area contributed by atoms with Crippen molar-refractivity contribution in [3.05, 3.63) is 45.7 Å². The van der Waals surface area contributed by atoms with Gasteiger partial charge in [0.1, 0.15) is 11.8 Å². The van der Waals surface area contributed by atoms with Crippen molar-refractivity contribution in [2.24, 2.45) is 11.8 Å². The molecule has 0 unspecified atom stereocenters. The molecule has 5 nitrogen and oxygen atoms in total. The van der Waals surface area contributed by atoms with Crippen molar-refractivity contribution in [2.75, 3.05) is 13.2 Å². The predicted molar refractivity (Wildman–Crippen MR) is 101 cm³/mol. The van der Waals surface area contributed by atoms with Gasteiger partial charge in [-0.3, -0.25) is 9.80 Å². The first-order chi connectivity index (χ1) is 13.1. The van der Waals surface area contributed by atoms with Crippen LogP contribution in [0.4, 0.5) is 13.2 Å². The summed E-state index contributed by atoms with van der Waals surface area (Å²) in [5.41, 5.74) is -1.05. The number of hydrogen-bond donors (Lipinski definition) is 2. The fourth-order valence-electron chi connectivity index (χ4n) is 3.60. The third-order valence-electron chi connectivity index (χ3n) is 5.11. The maximum Gasteiger partial charge on any atom is 0.416 e. The second kappa shape index (κ2) is 8.39. The van der Waals surface area contributed by atoms with E-state index in [4.69, 9.17) is 29.0 Å². The Balaban J connectivity index is 1.53. The van der Waals surface area contributed by atoms with Gasteiger partial charge in [0.25, 0.3) is 5.91 Å². The molecule has 3 N–H and O–H groups in total. The highest BCUT2D eigenvalue weighted by atomic mass is 35.5. The van der Waals surface area contributed by atoms with E-state index in [1.165, 1.54) is 5.01 Å². The van der Waals surface area contributed by atoms with Crippen LogP contribution in [0.1, 0.15) is 41.6 Å². The van der Waals surface area contributed by atoms with Crippen LogP contribution < -0.4 is 11.2 Å². The number of rotatable bonds is 4. The molecule has 1 aromatic rings. The molecule has 0 bridgehead atoms. The summed E-state index contributed by atoms with van der Waals surface area (Å²) in [6.45, 7) is 1.37. The molecule has 10 heteroatoms. The lowest BCUT2D eigenvalue weighted by Gasteiger charge is -2.31. The first-order valence-corrected chi connectivity index (χ1v) is 9.70. The maximum atomic E-state index is 12.9. The maximum absolute atomic E-state index is 12.9. The number of amides is 1. The van der Waals surface area contributed by atoms with Gasteiger partial charge in [-0.2, -0.15) is 13.2 Å². The van der Waals surface area contributed by atoms with Crippen molar-refractivity contribution in [3.8, 4) is 0 Å². The Labute approximate surface area is 171 Å². The molecule has 28 heavy (non-hydrogen) atoms. The van der Waals surface area contributed by atoms with Crippen molar-refractivity contribution in [2.45, 2.75) is 37.9 Å². The Kier molecular flexibility index (Phi) is 6.31. The first-order valence-electron chi connectivity index (χ1n) is 8.94. The van der Waals surface area contributed by atoms with Crippen LogP contribution in [0.2, 0.25) is 5.02 Å². The van der Waals surface area contributed by atoms with E-state index in [2.05, 4.69) is 5.32 Å². The number of benzene rings is 1. The Morgan fingerprint density at radius 1 is 1.21 bits per heavy atom. The van der Waals surface area contributed by atoms with E-state index in [1.807, 2.05) is 11.1 Å². The zero-order chi connectivity index (χ0) is 20.5. The summed E-state index contributed by atoms with van der Waals surface area (Å²) in [4.78, 5) is 14.5. The smallest absolute Gasteiger partial charge is 0.356 e. The Bertz CT molecular complexity index is 764. The molecule has 1 aromatic carbocycles. The van der Waals surface area contributed by atoms with Crippen molar-refractivity contribution in [1.29, 1.82) is 0 Å². The van der Waals surface area contributed by atoms with Crippen LogP contribution in [0.5, 0.6) is 0 Å². The van der Waals surface area contributed by atoms with Crippen LogP contribution in [-0.4, -0.2) is 35.1 Å². The second-order valence-corrected chi connectivity index (χ2v) is 8.01. The highest BCUT2D eigenvalue weighted by Gasteiger charge is 2.32. The van der Waals surface area contributed by atoms with Crippen molar-refractivity contribution in [1.82, 2.24) is 15.2 Å². The molecule has 1 fully saturated rings. The average molecular weight is 437 g/mol. The van der Waals surface area contributed by atoms with Gasteiger partial charge in [-0.25, -0.2) is 5.84 Å². The Morgan fingerprint density at radius 2 is 1.89 bits per heavy atom. The minimum absolute atomic E-state index is 0.00299. The molecule has 2 aliphatic rings. The summed E-state index contributed by atoms with van der Waals surface area (Å²) >= 11 is 11.9. The molecule has 0 aromatic heterocycles. The minimum atomic E-state index is -4.52. The predicted octanol–water partition coefficient (Wildman–Crippen LogP) is 4.13. The molecule has 0 spiro atoms. The summed E-state index contributed by atoms with van der Waals surface area (Å²) in [5, 5.41) is 4.78. The molecule has 0 radical (unpaired) electrons. The van der Waals surface area contributed by atoms with Crippen LogP contribution in [0.15, 0.2) is 29.6 Å². The van der Waals surface area contributed by atoms with E-state index in [-0.39, 0.29) is 16.6 Å². The van der Waals surface area contributed by atoms with Crippen LogP contribution in [0.3, 0.4) is 0 Å². The second-order valence-electron chi connectivity index (χ2n) is 7.22. The third kappa shape index (κ3) is 5.04. The molecule has 0 atom stereocenters. The van der Waals surface area contributed by atoms with E-state index in [9.17, 15) is 18.0 Å². The van der Waals surface area contributed by atoms with E-state index in [0.29, 0.717) is 17.7 Å². The number of nitrogens with one attached hydrogen (secondary N) is 1. The fraction of sp³-hybridized carbons (Fsp3) is 0.500. The Morgan fingerprint density at radius 3 is 2.46 bits per heavy atom. The number of hydrazine groups is 1. The molecule has 1 heterocycles. The van der Waals surface area contributed by atoms with Gasteiger partial charge in [0.15, 0.2) is 0 Å². The fourth-order valence-corrected chi connectivity index (χ4v) is 3.99. The molecule has 3 rings (SSSR count). The highest BCUT2D eigenvalue weighted by Crippen LogP contribution is 2.32. The number of halogens is 5. The average Bonchev–Trinajstić information content (AvgIpc) is 2.93. The van der Waals surface area contributed by atoms with Gasteiger partial charge in [0.05, 0.1) is 16.1 Å². The molecular weight excluding hydrogens is 416 g/mol. The minimum Gasteiger partial charge on any atom is -0.356 e. The normalized spacial score (nSPS) is 23.0. The number of hydrogen-bond acceptors (Lipinski definition) is 4. The molecule has 154 valence electrons. The largest absolute Gasteiger partial charge is 0.416 e. The van der Waals surface area contributed by atoms with E-state index in [1.54, 1.807) is 0 Å². The molecule has 0 saturated heterocycles. The molecule has 1 aliphatic carbocycles. The number of carbonyl (C=O) groups excluding carboxylic acids is 1. The lowest BCUT2D eigenvalue weighted by atomic mass is 9.85. The first kappa shape index (κ1) is 21.1. The molecule has 1 aliphatic heterocycles. The molecular formula is C18H21Cl2F3N4O. The van der Waals surface area contributed by atoms with Gasteiger partial charge in [0, 0.05) is 18.8 Å². The van der Waals surface area contributed by atoms with E-state index in [0.717, 1.165) is 50.4 Å². The topological polar surface area (TPSA) is 61.6 Å². The highest BCUT2D eigenvalue weighted by molar-refractivity contribution is 6.33. The monoisotopic (exact) mass is 436 g/mol. The summed E-state index contributed by atoms with van der Waals surface area (Å²) < 4.78 is 38.6. The zero-order valence-electron chi connectivity index (χ0n) is 15.0. The van der Waals surface area contributed by atoms with Gasteiger partial charge in [-0.05, 0) is 49.8 Å². The van der Waals surface area contributed by atoms with Gasteiger partial charge >= 0.3 is 6.18 Å². The van der Waals surface area contributed by atoms with Crippen molar-refractivity contribution >= 4 is 29.1 Å². The van der Waals surface area contributed by atoms with Crippen LogP contribution in [-0.2, 0) is 6.18 Å². The van der Waals surface area contributed by atoms with Gasteiger partial charge in [-0.1, -0.05) is 23.2 Å². The zero-order valence-corrected chi connectivity index (χ0v) is 16.5. The standard InChI is InChI=1S/C18H21Cl2F3N4O/c19-15-6-3-12(18(21,22)23)7-14(15)17(28)25-13-4-1-11(2-5-13)8-26-9-16(20)27(24)10-26/h3,6-7,9,11,13H,1-2,4-5,8,10,24H2,(H,25,28)/t11-,13-. The van der Waals surface area contributed by atoms with Crippen LogP contribution in [0, 0.1) is 5.92 Å². The quantitative estimate of drug-likeness (QED) is 0.550. The Hall–Kier alpha value is -1.64. The van der Waals surface area contributed by atoms with E-state index < -0.39 is 17.6 Å². The lowest BCUT2D eigenvalue weighted by molar-refractivity contribution is -0.137. The number of alkyl halides is 3. The number of nitrogens with two attached hydrogens (primary N) is 1. The van der Waals surface area contributed by atoms with Gasteiger partial charge in [0.2, 0.25) is 0 Å². The van der Waals surface area contributed by atoms with Crippen LogP contribution in [0.25, 0.3) is 0 Å². The van der Waals surface area contributed by atoms with E-state index >= 15 is 0 Å². The summed E-state index contributed by atoms with van der Waals surface area (Å²) in [5.74, 6) is 5.58. The van der Waals surface area contributed by atoms with Gasteiger partial charge in [-0.15, -0.1) is 0 Å². The molecule has 1 amide bonds. The summed E-state index contributed by atoms with van der Waals surface area (Å²) in [6.07, 6.45) is 0.589. The van der Waals surface area contributed by atoms with Crippen molar-refractivity contribution < 1.29 is 18.0 Å². The summed E-state index contributed by atoms with van der Waals surface area (Å²) in [7, 11) is 0. The van der Waals surface area contributed by atoms with Crippen LogP contribution >= 0.6 is 23.2 Å². The lowest BCUT2D eigenvalue weighted by Crippen LogP contribution is -2.40.